The maximum Gasteiger partial charge on any atom is 0.338 e. The summed E-state index contributed by atoms with van der Waals surface area (Å²) >= 11 is 0. The van der Waals surface area contributed by atoms with Gasteiger partial charge in [-0.3, -0.25) is 10.1 Å². The van der Waals surface area contributed by atoms with E-state index < -0.39 is 10.9 Å². The summed E-state index contributed by atoms with van der Waals surface area (Å²) in [6.45, 7) is 2.31. The fourth-order valence-corrected chi connectivity index (χ4v) is 2.03. The second-order valence-electron chi connectivity index (χ2n) is 4.57. The van der Waals surface area contributed by atoms with Crippen LogP contribution in [-0.2, 0) is 6.54 Å². The number of nitrogens with one attached hydrogen (secondary N) is 1. The number of hydrogen-bond donors (Lipinski definition) is 2. The van der Waals surface area contributed by atoms with Crippen LogP contribution in [0.25, 0.3) is 0 Å². The second-order valence-corrected chi connectivity index (χ2v) is 4.57. The molecular weight excluding hydrogens is 276 g/mol. The zero-order chi connectivity index (χ0) is 15.4. The van der Waals surface area contributed by atoms with Crippen molar-refractivity contribution in [2.24, 2.45) is 0 Å². The summed E-state index contributed by atoms with van der Waals surface area (Å²) in [4.78, 5) is 25.6. The summed E-state index contributed by atoms with van der Waals surface area (Å²) in [6, 6.07) is 3.76. The molecule has 1 heterocycles. The Labute approximate surface area is 120 Å². The Morgan fingerprint density at radius 1 is 1.57 bits per heavy atom. The Morgan fingerprint density at radius 2 is 2.33 bits per heavy atom. The summed E-state index contributed by atoms with van der Waals surface area (Å²) in [6.07, 6.45) is 5.01. The Morgan fingerprint density at radius 3 is 2.90 bits per heavy atom. The lowest BCUT2D eigenvalue weighted by Crippen LogP contribution is -2.23. The van der Waals surface area contributed by atoms with Gasteiger partial charge in [0, 0.05) is 31.0 Å². The van der Waals surface area contributed by atoms with Crippen LogP contribution in [-0.4, -0.2) is 31.6 Å². The first-order valence-electron chi connectivity index (χ1n) is 6.22. The summed E-state index contributed by atoms with van der Waals surface area (Å²) in [5, 5.41) is 23.1. The summed E-state index contributed by atoms with van der Waals surface area (Å²) in [5.74, 6) is -1.21. The van der Waals surface area contributed by atoms with E-state index in [2.05, 4.69) is 10.3 Å². The number of carbonyl (C=O) groups is 1. The summed E-state index contributed by atoms with van der Waals surface area (Å²) in [5.41, 5.74) is -0.364. The summed E-state index contributed by atoms with van der Waals surface area (Å²) in [7, 11) is 0. The molecule has 2 rings (SSSR count). The van der Waals surface area contributed by atoms with Crippen LogP contribution in [0, 0.1) is 10.1 Å². The van der Waals surface area contributed by atoms with Crippen LogP contribution >= 0.6 is 0 Å². The monoisotopic (exact) mass is 290 g/mol. The molecule has 0 aliphatic carbocycles. The zero-order valence-corrected chi connectivity index (χ0v) is 11.3. The van der Waals surface area contributed by atoms with Crippen LogP contribution in [0.4, 0.5) is 11.4 Å². The Bertz CT molecular complexity index is 622. The van der Waals surface area contributed by atoms with Gasteiger partial charge in [0.05, 0.1) is 16.8 Å². The number of aromatic nitrogens is 2. The van der Waals surface area contributed by atoms with E-state index >= 15 is 0 Å². The minimum absolute atomic E-state index is 0.0163. The van der Waals surface area contributed by atoms with Gasteiger partial charge in [0.25, 0.3) is 5.69 Å². The van der Waals surface area contributed by atoms with Gasteiger partial charge in [-0.1, -0.05) is 6.07 Å². The first kappa shape index (κ1) is 14.5. The minimum atomic E-state index is -1.21. The van der Waals surface area contributed by atoms with Crippen molar-refractivity contribution >= 4 is 17.3 Å². The van der Waals surface area contributed by atoms with Gasteiger partial charge >= 0.3 is 5.97 Å². The normalized spacial score (nSPS) is 11.9. The number of anilines is 1. The van der Waals surface area contributed by atoms with Crippen LogP contribution in [0.2, 0.25) is 0 Å². The number of imidazole rings is 1. The summed E-state index contributed by atoms with van der Waals surface area (Å²) < 4.78 is 1.80. The molecule has 0 aliphatic heterocycles. The highest BCUT2D eigenvalue weighted by Crippen LogP contribution is 2.29. The van der Waals surface area contributed by atoms with Crippen molar-refractivity contribution < 1.29 is 14.8 Å². The fourth-order valence-electron chi connectivity index (χ4n) is 2.03. The largest absolute Gasteiger partial charge is 0.478 e. The second kappa shape index (κ2) is 6.04. The van der Waals surface area contributed by atoms with Crippen molar-refractivity contribution in [2.75, 3.05) is 5.32 Å². The van der Waals surface area contributed by atoms with Crippen LogP contribution in [0.3, 0.4) is 0 Å². The fraction of sp³-hybridized carbons (Fsp3) is 0.231. The standard InChI is InChI=1S/C13H14N4O4/c1-9(7-16-6-5-14-8-16)15-12-10(13(18)19)3-2-4-11(12)17(20)21/h2-6,8-9,15H,7H2,1H3,(H,18,19). The van der Waals surface area contributed by atoms with Crippen LogP contribution in [0.1, 0.15) is 17.3 Å². The highest BCUT2D eigenvalue weighted by Gasteiger charge is 2.22. The third-order valence-corrected chi connectivity index (χ3v) is 2.90. The number of nitrogens with zero attached hydrogens (tertiary/aromatic N) is 3. The maximum absolute atomic E-state index is 11.2. The molecule has 0 radical (unpaired) electrons. The van der Waals surface area contributed by atoms with Crippen LogP contribution in [0.5, 0.6) is 0 Å². The van der Waals surface area contributed by atoms with Gasteiger partial charge in [-0.25, -0.2) is 9.78 Å². The first-order valence-corrected chi connectivity index (χ1v) is 6.22. The molecule has 0 fully saturated rings. The lowest BCUT2D eigenvalue weighted by molar-refractivity contribution is -0.384. The Kier molecular flexibility index (Phi) is 4.17. The quantitative estimate of drug-likeness (QED) is 0.621. The van der Waals surface area contributed by atoms with Gasteiger partial charge in [0.1, 0.15) is 5.69 Å². The third kappa shape index (κ3) is 3.35. The van der Waals surface area contributed by atoms with Crippen molar-refractivity contribution in [3.8, 4) is 0 Å². The number of benzene rings is 1. The highest BCUT2D eigenvalue weighted by atomic mass is 16.6. The van der Waals surface area contributed by atoms with E-state index in [1.807, 2.05) is 6.92 Å². The zero-order valence-electron chi connectivity index (χ0n) is 11.3. The van der Waals surface area contributed by atoms with Gasteiger partial charge in [-0.2, -0.15) is 0 Å². The molecule has 2 N–H and O–H groups in total. The van der Waals surface area contributed by atoms with E-state index in [-0.39, 0.29) is 23.0 Å². The molecule has 0 saturated heterocycles. The number of carboxylic acid groups (broad SMARTS) is 1. The van der Waals surface area contributed by atoms with Crippen molar-refractivity contribution in [2.45, 2.75) is 19.5 Å². The van der Waals surface area contributed by atoms with Crippen molar-refractivity contribution in [1.29, 1.82) is 0 Å². The molecule has 8 heteroatoms. The number of para-hydroxylation sites is 1. The molecule has 110 valence electrons. The highest BCUT2D eigenvalue weighted by molar-refractivity contribution is 5.96. The van der Waals surface area contributed by atoms with E-state index in [4.69, 9.17) is 5.11 Å². The third-order valence-electron chi connectivity index (χ3n) is 2.90. The molecule has 0 saturated carbocycles. The molecule has 8 nitrogen and oxygen atoms in total. The molecule has 0 aliphatic rings. The number of nitro benzene ring substituents is 1. The molecule has 0 spiro atoms. The van der Waals surface area contributed by atoms with Crippen molar-refractivity contribution in [3.63, 3.8) is 0 Å². The van der Waals surface area contributed by atoms with Gasteiger partial charge in [0.2, 0.25) is 0 Å². The lowest BCUT2D eigenvalue weighted by atomic mass is 10.1. The van der Waals surface area contributed by atoms with E-state index in [0.29, 0.717) is 6.54 Å². The van der Waals surface area contributed by atoms with E-state index in [9.17, 15) is 14.9 Å². The number of hydrogen-bond acceptors (Lipinski definition) is 5. The minimum Gasteiger partial charge on any atom is -0.478 e. The lowest BCUT2D eigenvalue weighted by Gasteiger charge is -2.17. The molecule has 21 heavy (non-hydrogen) atoms. The molecule has 1 aromatic carbocycles. The molecular formula is C13H14N4O4. The predicted octanol–water partition coefficient (Wildman–Crippen LogP) is 1.99. The van der Waals surface area contributed by atoms with Crippen LogP contribution < -0.4 is 5.32 Å². The average Bonchev–Trinajstić information content (AvgIpc) is 2.91. The van der Waals surface area contributed by atoms with E-state index in [1.54, 1.807) is 23.3 Å². The maximum atomic E-state index is 11.2. The number of carboxylic acids is 1. The van der Waals surface area contributed by atoms with E-state index in [1.165, 1.54) is 18.2 Å². The van der Waals surface area contributed by atoms with Gasteiger partial charge in [-0.05, 0) is 13.0 Å². The smallest absolute Gasteiger partial charge is 0.338 e. The van der Waals surface area contributed by atoms with Crippen molar-refractivity contribution in [3.05, 3.63) is 52.6 Å². The molecule has 0 amide bonds. The molecule has 2 aromatic rings. The SMILES string of the molecule is CC(Cn1ccnc1)Nc1c(C(=O)O)cccc1[N+](=O)[O-]. The van der Waals surface area contributed by atoms with E-state index in [0.717, 1.165) is 0 Å². The molecule has 1 atom stereocenters. The first-order chi connectivity index (χ1) is 9.99. The molecule has 1 unspecified atom stereocenters. The van der Waals surface area contributed by atoms with Gasteiger partial charge < -0.3 is 15.0 Å². The van der Waals surface area contributed by atoms with Gasteiger partial charge in [-0.15, -0.1) is 0 Å². The number of nitro groups is 1. The number of rotatable bonds is 6. The molecule has 0 bridgehead atoms. The molecule has 1 aromatic heterocycles. The van der Waals surface area contributed by atoms with Gasteiger partial charge in [0.15, 0.2) is 0 Å². The van der Waals surface area contributed by atoms with Crippen molar-refractivity contribution in [1.82, 2.24) is 9.55 Å². The average molecular weight is 290 g/mol. The predicted molar refractivity (Wildman–Crippen MR) is 75.4 cm³/mol. The Hall–Kier alpha value is -2.90. The number of aromatic carboxylic acids is 1. The Balaban J connectivity index is 2.28. The van der Waals surface area contributed by atoms with Crippen LogP contribution in [0.15, 0.2) is 36.9 Å². The topological polar surface area (TPSA) is 110 Å².